The second-order valence-corrected chi connectivity index (χ2v) is 5.87. The van der Waals surface area contributed by atoms with Crippen molar-refractivity contribution in [1.29, 1.82) is 0 Å². The summed E-state index contributed by atoms with van der Waals surface area (Å²) < 4.78 is 11.2. The summed E-state index contributed by atoms with van der Waals surface area (Å²) in [4.78, 5) is 2.40. The van der Waals surface area contributed by atoms with Gasteiger partial charge in [0.25, 0.3) is 0 Å². The van der Waals surface area contributed by atoms with Crippen molar-refractivity contribution in [3.8, 4) is 5.75 Å². The molecule has 1 aliphatic heterocycles. The van der Waals surface area contributed by atoms with E-state index in [2.05, 4.69) is 36.2 Å². The highest BCUT2D eigenvalue weighted by atomic mass is 16.5. The molecule has 1 heterocycles. The van der Waals surface area contributed by atoms with Gasteiger partial charge in [-0.1, -0.05) is 13.8 Å². The van der Waals surface area contributed by atoms with Crippen molar-refractivity contribution in [2.24, 2.45) is 5.92 Å². The minimum Gasteiger partial charge on any atom is -0.491 e. The number of anilines is 1. The Bertz CT molecular complexity index is 386. The van der Waals surface area contributed by atoms with Gasteiger partial charge in [0, 0.05) is 38.5 Å². The Morgan fingerprint density at radius 1 is 1.05 bits per heavy atom. The summed E-state index contributed by atoms with van der Waals surface area (Å²) in [5, 5.41) is 3.37. The number of hydrogen-bond donors (Lipinski definition) is 1. The third-order valence-corrected chi connectivity index (χ3v) is 3.65. The first-order chi connectivity index (χ1) is 10.3. The number of nitrogens with zero attached hydrogens (tertiary/aromatic N) is 1. The lowest BCUT2D eigenvalue weighted by atomic mass is 10.1. The summed E-state index contributed by atoms with van der Waals surface area (Å²) in [6.45, 7) is 10.8. The van der Waals surface area contributed by atoms with Crippen LogP contribution in [0.15, 0.2) is 24.3 Å². The topological polar surface area (TPSA) is 33.7 Å². The van der Waals surface area contributed by atoms with Crippen LogP contribution < -0.4 is 15.0 Å². The van der Waals surface area contributed by atoms with Gasteiger partial charge in [0.15, 0.2) is 0 Å². The molecule has 118 valence electrons. The van der Waals surface area contributed by atoms with Gasteiger partial charge in [-0.25, -0.2) is 0 Å². The third kappa shape index (κ3) is 5.94. The molecule has 4 nitrogen and oxygen atoms in total. The fourth-order valence-corrected chi connectivity index (χ4v) is 2.32. The fourth-order valence-electron chi connectivity index (χ4n) is 2.32. The van der Waals surface area contributed by atoms with Crippen molar-refractivity contribution < 1.29 is 9.47 Å². The van der Waals surface area contributed by atoms with Gasteiger partial charge in [0.1, 0.15) is 12.4 Å². The van der Waals surface area contributed by atoms with Gasteiger partial charge < -0.3 is 19.7 Å². The molecule has 1 aromatic carbocycles. The Morgan fingerprint density at radius 2 is 1.76 bits per heavy atom. The zero-order valence-corrected chi connectivity index (χ0v) is 13.3. The minimum absolute atomic E-state index is 0.616. The standard InChI is InChI=1S/C17H28N2O2/c1-15(2)7-12-20-13-14-21-17-5-3-16(4-6-17)19-10-8-18-9-11-19/h3-6,15,18H,7-14H2,1-2H3. The summed E-state index contributed by atoms with van der Waals surface area (Å²) in [5.74, 6) is 1.62. The minimum atomic E-state index is 0.616. The SMILES string of the molecule is CC(C)CCOCCOc1ccc(N2CCNCC2)cc1. The van der Waals surface area contributed by atoms with E-state index < -0.39 is 0 Å². The molecule has 0 saturated carbocycles. The highest BCUT2D eigenvalue weighted by molar-refractivity contribution is 5.49. The zero-order chi connectivity index (χ0) is 14.9. The van der Waals surface area contributed by atoms with E-state index in [1.165, 1.54) is 5.69 Å². The molecule has 0 bridgehead atoms. The van der Waals surface area contributed by atoms with E-state index >= 15 is 0 Å². The Balaban J connectivity index is 1.65. The third-order valence-electron chi connectivity index (χ3n) is 3.65. The first kappa shape index (κ1) is 16.1. The first-order valence-corrected chi connectivity index (χ1v) is 8.02. The van der Waals surface area contributed by atoms with Crippen LogP contribution in [0.1, 0.15) is 20.3 Å². The van der Waals surface area contributed by atoms with Crippen LogP contribution in [0.5, 0.6) is 5.75 Å². The molecule has 2 rings (SSSR count). The van der Waals surface area contributed by atoms with Crippen molar-refractivity contribution in [2.45, 2.75) is 20.3 Å². The average Bonchev–Trinajstić information content (AvgIpc) is 2.52. The highest BCUT2D eigenvalue weighted by Crippen LogP contribution is 2.19. The molecule has 0 aromatic heterocycles. The molecule has 0 spiro atoms. The van der Waals surface area contributed by atoms with Crippen LogP contribution >= 0.6 is 0 Å². The van der Waals surface area contributed by atoms with E-state index in [0.717, 1.165) is 45.0 Å². The molecule has 1 aliphatic rings. The average molecular weight is 292 g/mol. The molecule has 0 unspecified atom stereocenters. The maximum atomic E-state index is 5.70. The lowest BCUT2D eigenvalue weighted by Crippen LogP contribution is -2.43. The monoisotopic (exact) mass is 292 g/mol. The molecule has 1 saturated heterocycles. The molecule has 0 radical (unpaired) electrons. The Kier molecular flexibility index (Phi) is 6.83. The van der Waals surface area contributed by atoms with Crippen LogP contribution in [0, 0.1) is 5.92 Å². The van der Waals surface area contributed by atoms with E-state index in [9.17, 15) is 0 Å². The normalized spacial score (nSPS) is 15.5. The summed E-state index contributed by atoms with van der Waals surface area (Å²) in [6.07, 6.45) is 1.11. The highest BCUT2D eigenvalue weighted by Gasteiger charge is 2.09. The quantitative estimate of drug-likeness (QED) is 0.747. The molecule has 0 atom stereocenters. The van der Waals surface area contributed by atoms with Gasteiger partial charge in [-0.05, 0) is 36.6 Å². The van der Waals surface area contributed by atoms with E-state index in [-0.39, 0.29) is 0 Å². The van der Waals surface area contributed by atoms with Crippen LogP contribution in [0.4, 0.5) is 5.69 Å². The Hall–Kier alpha value is -1.26. The number of ether oxygens (including phenoxy) is 2. The molecule has 1 fully saturated rings. The summed E-state index contributed by atoms with van der Waals surface area (Å²) in [5.41, 5.74) is 1.28. The van der Waals surface area contributed by atoms with Crippen LogP contribution in [0.3, 0.4) is 0 Å². The van der Waals surface area contributed by atoms with Gasteiger partial charge in [-0.3, -0.25) is 0 Å². The van der Waals surface area contributed by atoms with Crippen molar-refractivity contribution in [1.82, 2.24) is 5.32 Å². The smallest absolute Gasteiger partial charge is 0.119 e. The van der Waals surface area contributed by atoms with Gasteiger partial charge in [0.2, 0.25) is 0 Å². The fraction of sp³-hybridized carbons (Fsp3) is 0.647. The number of nitrogens with one attached hydrogen (secondary N) is 1. The molecule has 21 heavy (non-hydrogen) atoms. The molecule has 1 aromatic rings. The largest absolute Gasteiger partial charge is 0.491 e. The van der Waals surface area contributed by atoms with Gasteiger partial charge in [-0.15, -0.1) is 0 Å². The van der Waals surface area contributed by atoms with Crippen LogP contribution in [0.25, 0.3) is 0 Å². The van der Waals surface area contributed by atoms with Crippen molar-refractivity contribution in [3.63, 3.8) is 0 Å². The maximum Gasteiger partial charge on any atom is 0.119 e. The maximum absolute atomic E-state index is 5.70. The van der Waals surface area contributed by atoms with E-state index in [4.69, 9.17) is 9.47 Å². The number of benzene rings is 1. The summed E-state index contributed by atoms with van der Waals surface area (Å²) >= 11 is 0. The number of hydrogen-bond acceptors (Lipinski definition) is 4. The first-order valence-electron chi connectivity index (χ1n) is 8.02. The lowest BCUT2D eigenvalue weighted by molar-refractivity contribution is 0.0926. The van der Waals surface area contributed by atoms with Gasteiger partial charge >= 0.3 is 0 Å². The van der Waals surface area contributed by atoms with Gasteiger partial charge in [0.05, 0.1) is 6.61 Å². The predicted molar refractivity (Wildman–Crippen MR) is 87.3 cm³/mol. The number of rotatable bonds is 8. The summed E-state index contributed by atoms with van der Waals surface area (Å²) in [7, 11) is 0. The van der Waals surface area contributed by atoms with Crippen LogP contribution in [-0.2, 0) is 4.74 Å². The van der Waals surface area contributed by atoms with E-state index in [1.807, 2.05) is 12.1 Å². The second-order valence-electron chi connectivity index (χ2n) is 5.87. The summed E-state index contributed by atoms with van der Waals surface area (Å²) in [6, 6.07) is 8.37. The molecule has 1 N–H and O–H groups in total. The van der Waals surface area contributed by atoms with Crippen molar-refractivity contribution in [2.75, 3.05) is 50.9 Å². The molecule has 0 aliphatic carbocycles. The Morgan fingerprint density at radius 3 is 2.43 bits per heavy atom. The van der Waals surface area contributed by atoms with Crippen LogP contribution in [0.2, 0.25) is 0 Å². The zero-order valence-electron chi connectivity index (χ0n) is 13.3. The Labute approximate surface area is 128 Å². The molecular weight excluding hydrogens is 264 g/mol. The van der Waals surface area contributed by atoms with Crippen LogP contribution in [-0.4, -0.2) is 46.0 Å². The molecular formula is C17H28N2O2. The molecule has 0 amide bonds. The van der Waals surface area contributed by atoms with E-state index in [1.54, 1.807) is 0 Å². The molecule has 4 heteroatoms. The van der Waals surface area contributed by atoms with Gasteiger partial charge in [-0.2, -0.15) is 0 Å². The number of piperazine rings is 1. The predicted octanol–water partition coefficient (Wildman–Crippen LogP) is 2.54. The van der Waals surface area contributed by atoms with Crippen molar-refractivity contribution in [3.05, 3.63) is 24.3 Å². The van der Waals surface area contributed by atoms with Crippen molar-refractivity contribution >= 4 is 5.69 Å². The van der Waals surface area contributed by atoms with E-state index in [0.29, 0.717) is 19.1 Å². The lowest BCUT2D eigenvalue weighted by Gasteiger charge is -2.29. The second kappa shape index (κ2) is 8.90.